The smallest absolute Gasteiger partial charge is 0.153 e. The predicted molar refractivity (Wildman–Crippen MR) is 60.7 cm³/mol. The van der Waals surface area contributed by atoms with Crippen LogP contribution in [0.1, 0.15) is 13.8 Å². The summed E-state index contributed by atoms with van der Waals surface area (Å²) in [5, 5.41) is 0. The topological polar surface area (TPSA) is 40.6 Å². The molecule has 0 bridgehead atoms. The Bertz CT molecular complexity index is 344. The second-order valence-electron chi connectivity index (χ2n) is 5.24. The summed E-state index contributed by atoms with van der Waals surface area (Å²) in [5.74, 6) is 0.673. The van der Waals surface area contributed by atoms with Gasteiger partial charge in [-0.1, -0.05) is 0 Å². The SMILES string of the molecule is CC(C)N1CC2(C1)CS(=O)(=O)CCN2C. The quantitative estimate of drug-likeness (QED) is 0.628. The van der Waals surface area contributed by atoms with Crippen molar-refractivity contribution in [3.63, 3.8) is 0 Å². The van der Waals surface area contributed by atoms with Crippen molar-refractivity contribution in [3.8, 4) is 0 Å². The molecule has 2 aliphatic rings. The Balaban J connectivity index is 2.09. The summed E-state index contributed by atoms with van der Waals surface area (Å²) in [6, 6.07) is 0.522. The van der Waals surface area contributed by atoms with Gasteiger partial charge in [-0.15, -0.1) is 0 Å². The summed E-state index contributed by atoms with van der Waals surface area (Å²) >= 11 is 0. The molecule has 2 aliphatic heterocycles. The number of likely N-dealkylation sites (tertiary alicyclic amines) is 1. The molecule has 2 rings (SSSR count). The van der Waals surface area contributed by atoms with Crippen molar-refractivity contribution < 1.29 is 8.42 Å². The molecule has 0 unspecified atom stereocenters. The largest absolute Gasteiger partial charge is 0.297 e. The average molecular weight is 232 g/mol. The van der Waals surface area contributed by atoms with Crippen LogP contribution in [0.4, 0.5) is 0 Å². The molecule has 0 atom stereocenters. The van der Waals surface area contributed by atoms with Gasteiger partial charge in [0.05, 0.1) is 17.0 Å². The van der Waals surface area contributed by atoms with Crippen molar-refractivity contribution in [2.45, 2.75) is 25.4 Å². The predicted octanol–water partition coefficient (Wildman–Crippen LogP) is -0.191. The van der Waals surface area contributed by atoms with Crippen LogP contribution >= 0.6 is 0 Å². The van der Waals surface area contributed by atoms with Crippen molar-refractivity contribution in [1.82, 2.24) is 9.80 Å². The summed E-state index contributed by atoms with van der Waals surface area (Å²) in [4.78, 5) is 4.56. The monoisotopic (exact) mass is 232 g/mol. The highest BCUT2D eigenvalue weighted by Crippen LogP contribution is 2.32. The zero-order valence-corrected chi connectivity index (χ0v) is 10.5. The molecule has 0 amide bonds. The third-order valence-corrected chi connectivity index (χ3v) is 5.54. The van der Waals surface area contributed by atoms with Gasteiger partial charge in [0, 0.05) is 25.7 Å². The van der Waals surface area contributed by atoms with E-state index in [0.717, 1.165) is 13.1 Å². The highest BCUT2D eigenvalue weighted by molar-refractivity contribution is 7.91. The van der Waals surface area contributed by atoms with E-state index in [1.807, 2.05) is 7.05 Å². The van der Waals surface area contributed by atoms with E-state index in [4.69, 9.17) is 0 Å². The molecule has 2 fully saturated rings. The Morgan fingerprint density at radius 3 is 2.40 bits per heavy atom. The minimum Gasteiger partial charge on any atom is -0.297 e. The number of nitrogens with zero attached hydrogens (tertiary/aromatic N) is 2. The number of hydrogen-bond acceptors (Lipinski definition) is 4. The fourth-order valence-corrected chi connectivity index (χ4v) is 4.43. The molecule has 0 aliphatic carbocycles. The van der Waals surface area contributed by atoms with Gasteiger partial charge in [-0.25, -0.2) is 8.42 Å². The van der Waals surface area contributed by atoms with Crippen LogP contribution in [0.15, 0.2) is 0 Å². The molecule has 0 aromatic heterocycles. The van der Waals surface area contributed by atoms with Gasteiger partial charge in [-0.2, -0.15) is 0 Å². The fraction of sp³-hybridized carbons (Fsp3) is 1.00. The Morgan fingerprint density at radius 1 is 1.27 bits per heavy atom. The van der Waals surface area contributed by atoms with E-state index in [9.17, 15) is 8.42 Å². The Kier molecular flexibility index (Phi) is 2.60. The maximum absolute atomic E-state index is 11.6. The first-order valence-electron chi connectivity index (χ1n) is 5.50. The molecule has 88 valence electrons. The van der Waals surface area contributed by atoms with Crippen molar-refractivity contribution in [2.75, 3.05) is 38.2 Å². The van der Waals surface area contributed by atoms with Crippen LogP contribution in [0.2, 0.25) is 0 Å². The van der Waals surface area contributed by atoms with Gasteiger partial charge in [0.15, 0.2) is 9.84 Å². The van der Waals surface area contributed by atoms with Gasteiger partial charge in [0.25, 0.3) is 0 Å². The van der Waals surface area contributed by atoms with Gasteiger partial charge in [0.2, 0.25) is 0 Å². The van der Waals surface area contributed by atoms with E-state index >= 15 is 0 Å². The Morgan fingerprint density at radius 2 is 1.87 bits per heavy atom. The molecule has 1 spiro atoms. The Labute approximate surface area is 92.2 Å². The summed E-state index contributed by atoms with van der Waals surface area (Å²) < 4.78 is 23.3. The van der Waals surface area contributed by atoms with Crippen LogP contribution in [0.25, 0.3) is 0 Å². The summed E-state index contributed by atoms with van der Waals surface area (Å²) in [7, 11) is -0.754. The number of likely N-dealkylation sites (N-methyl/N-ethyl adjacent to an activating group) is 1. The van der Waals surface area contributed by atoms with Gasteiger partial charge in [0.1, 0.15) is 0 Å². The molecule has 0 radical (unpaired) electrons. The van der Waals surface area contributed by atoms with Gasteiger partial charge >= 0.3 is 0 Å². The second kappa shape index (κ2) is 3.43. The third-order valence-electron chi connectivity index (χ3n) is 3.76. The minimum absolute atomic E-state index is 0.0820. The van der Waals surface area contributed by atoms with E-state index in [1.54, 1.807) is 0 Å². The zero-order valence-electron chi connectivity index (χ0n) is 9.73. The lowest BCUT2D eigenvalue weighted by Crippen LogP contribution is -2.75. The van der Waals surface area contributed by atoms with Crippen LogP contribution < -0.4 is 0 Å². The van der Waals surface area contributed by atoms with Crippen molar-refractivity contribution in [1.29, 1.82) is 0 Å². The first-order valence-corrected chi connectivity index (χ1v) is 7.33. The molecule has 0 N–H and O–H groups in total. The molecule has 0 aromatic rings. The van der Waals surface area contributed by atoms with Gasteiger partial charge in [-0.3, -0.25) is 9.80 Å². The number of sulfone groups is 1. The summed E-state index contributed by atoms with van der Waals surface area (Å²) in [6.07, 6.45) is 0. The van der Waals surface area contributed by atoms with Crippen LogP contribution in [0.5, 0.6) is 0 Å². The standard InChI is InChI=1S/C10H20N2O2S/c1-9(2)12-6-10(7-12)8-15(13,14)5-4-11(10)3/h9H,4-8H2,1-3H3. The molecule has 2 saturated heterocycles. The van der Waals surface area contributed by atoms with Crippen molar-refractivity contribution in [3.05, 3.63) is 0 Å². The van der Waals surface area contributed by atoms with E-state index < -0.39 is 9.84 Å². The summed E-state index contributed by atoms with van der Waals surface area (Å²) in [5.41, 5.74) is -0.0820. The van der Waals surface area contributed by atoms with Gasteiger partial charge in [-0.05, 0) is 20.9 Å². The van der Waals surface area contributed by atoms with Gasteiger partial charge < -0.3 is 0 Å². The maximum Gasteiger partial charge on any atom is 0.153 e. The average Bonchev–Trinajstić information content (AvgIpc) is 2.05. The molecule has 5 heteroatoms. The van der Waals surface area contributed by atoms with Crippen LogP contribution in [-0.2, 0) is 9.84 Å². The Hall–Kier alpha value is -0.130. The fourth-order valence-electron chi connectivity index (χ4n) is 2.51. The van der Waals surface area contributed by atoms with Crippen LogP contribution in [0, 0.1) is 0 Å². The van der Waals surface area contributed by atoms with E-state index in [2.05, 4.69) is 23.6 Å². The first kappa shape index (κ1) is 11.4. The van der Waals surface area contributed by atoms with Crippen molar-refractivity contribution in [2.24, 2.45) is 0 Å². The lowest BCUT2D eigenvalue weighted by Gasteiger charge is -2.58. The molecule has 0 saturated carbocycles. The van der Waals surface area contributed by atoms with Crippen molar-refractivity contribution >= 4 is 9.84 Å². The number of rotatable bonds is 1. The lowest BCUT2D eigenvalue weighted by molar-refractivity contribution is -0.0439. The molecule has 2 heterocycles. The molecule has 15 heavy (non-hydrogen) atoms. The maximum atomic E-state index is 11.6. The lowest BCUT2D eigenvalue weighted by atomic mass is 9.88. The highest BCUT2D eigenvalue weighted by Gasteiger charge is 2.51. The van der Waals surface area contributed by atoms with E-state index in [0.29, 0.717) is 24.1 Å². The zero-order chi connectivity index (χ0) is 11.3. The van der Waals surface area contributed by atoms with Crippen LogP contribution in [-0.4, -0.2) is 68.0 Å². The third kappa shape index (κ3) is 1.92. The summed E-state index contributed by atoms with van der Waals surface area (Å²) in [6.45, 7) is 6.81. The molecule has 0 aromatic carbocycles. The molecular weight excluding hydrogens is 212 g/mol. The minimum atomic E-state index is -2.80. The second-order valence-corrected chi connectivity index (χ2v) is 7.42. The molecule has 4 nitrogen and oxygen atoms in total. The van der Waals surface area contributed by atoms with E-state index in [1.165, 1.54) is 0 Å². The van der Waals surface area contributed by atoms with E-state index in [-0.39, 0.29) is 5.54 Å². The first-order chi connectivity index (χ1) is 6.85. The highest BCUT2D eigenvalue weighted by atomic mass is 32.2. The normalized spacial score (nSPS) is 30.7. The van der Waals surface area contributed by atoms with Crippen LogP contribution in [0.3, 0.4) is 0 Å². The number of hydrogen-bond donors (Lipinski definition) is 0. The molecular formula is C10H20N2O2S.